The maximum atomic E-state index is 11.5. The van der Waals surface area contributed by atoms with E-state index in [-0.39, 0.29) is 11.4 Å². The van der Waals surface area contributed by atoms with E-state index >= 15 is 0 Å². The molecule has 66 valence electrons. The highest BCUT2D eigenvalue weighted by Crippen LogP contribution is 2.45. The van der Waals surface area contributed by atoms with E-state index in [2.05, 4.69) is 13.5 Å². The first kappa shape index (κ1) is 7.84. The summed E-state index contributed by atoms with van der Waals surface area (Å²) in [6, 6.07) is 0.514. The van der Waals surface area contributed by atoms with Crippen LogP contribution in [0.4, 0.5) is 0 Å². The molecule has 0 aromatic rings. The van der Waals surface area contributed by atoms with Crippen molar-refractivity contribution in [3.63, 3.8) is 0 Å². The van der Waals surface area contributed by atoms with E-state index in [0.29, 0.717) is 6.04 Å². The predicted octanol–water partition coefficient (Wildman–Crippen LogP) is 1.72. The number of hydrogen-bond acceptors (Lipinski definition) is 1. The lowest BCUT2D eigenvalue weighted by molar-refractivity contribution is -0.129. The maximum Gasteiger partial charge on any atom is 0.246 e. The predicted molar refractivity (Wildman–Crippen MR) is 47.7 cm³/mol. The number of nitrogens with zero attached hydrogens (tertiary/aromatic N) is 1. The molecule has 0 aliphatic carbocycles. The molecule has 2 heteroatoms. The molecule has 0 spiro atoms. The van der Waals surface area contributed by atoms with Crippen LogP contribution >= 0.6 is 0 Å². The summed E-state index contributed by atoms with van der Waals surface area (Å²) in [5, 5.41) is 0. The largest absolute Gasteiger partial charge is 0.331 e. The molecule has 2 fully saturated rings. The van der Waals surface area contributed by atoms with Crippen molar-refractivity contribution >= 4 is 5.91 Å². The van der Waals surface area contributed by atoms with Gasteiger partial charge in [-0.3, -0.25) is 4.79 Å². The van der Waals surface area contributed by atoms with Gasteiger partial charge >= 0.3 is 0 Å². The van der Waals surface area contributed by atoms with Crippen molar-refractivity contribution in [3.8, 4) is 0 Å². The van der Waals surface area contributed by atoms with Crippen molar-refractivity contribution in [2.45, 2.75) is 44.2 Å². The third-order valence-electron chi connectivity index (χ3n) is 3.39. The summed E-state index contributed by atoms with van der Waals surface area (Å²) in [4.78, 5) is 13.5. The van der Waals surface area contributed by atoms with Gasteiger partial charge in [0.25, 0.3) is 0 Å². The van der Waals surface area contributed by atoms with Gasteiger partial charge in [-0.05, 0) is 38.7 Å². The minimum absolute atomic E-state index is 0.123. The third kappa shape index (κ3) is 0.838. The second-order valence-electron chi connectivity index (χ2n) is 4.14. The number of hydrogen-bond donors (Lipinski definition) is 0. The van der Waals surface area contributed by atoms with Crippen molar-refractivity contribution in [3.05, 3.63) is 12.7 Å². The summed E-state index contributed by atoms with van der Waals surface area (Å²) >= 11 is 0. The zero-order valence-electron chi connectivity index (χ0n) is 7.55. The molecule has 0 radical (unpaired) electrons. The second kappa shape index (κ2) is 2.35. The van der Waals surface area contributed by atoms with Gasteiger partial charge in [-0.15, -0.1) is 0 Å². The maximum absolute atomic E-state index is 11.5. The average molecular weight is 165 g/mol. The number of carbonyl (C=O) groups is 1. The lowest BCUT2D eigenvalue weighted by atomic mass is 9.90. The molecule has 0 unspecified atom stereocenters. The van der Waals surface area contributed by atoms with Crippen LogP contribution in [0.15, 0.2) is 12.7 Å². The van der Waals surface area contributed by atoms with Gasteiger partial charge in [0.15, 0.2) is 0 Å². The van der Waals surface area contributed by atoms with Crippen LogP contribution in [0.25, 0.3) is 0 Å². The normalized spacial score (nSPS) is 38.8. The number of amides is 1. The molecule has 2 rings (SSSR count). The van der Waals surface area contributed by atoms with Crippen molar-refractivity contribution in [1.29, 1.82) is 0 Å². The van der Waals surface area contributed by atoms with E-state index in [4.69, 9.17) is 0 Å². The third-order valence-corrected chi connectivity index (χ3v) is 3.39. The lowest BCUT2D eigenvalue weighted by Gasteiger charge is -2.30. The van der Waals surface area contributed by atoms with Gasteiger partial charge in [-0.1, -0.05) is 6.58 Å². The zero-order chi connectivity index (χ0) is 8.77. The summed E-state index contributed by atoms with van der Waals surface area (Å²) in [7, 11) is 0. The number of carbonyl (C=O) groups excluding carboxylic acids is 1. The van der Waals surface area contributed by atoms with E-state index < -0.39 is 0 Å². The van der Waals surface area contributed by atoms with Crippen LogP contribution in [0, 0.1) is 0 Å². The zero-order valence-corrected chi connectivity index (χ0v) is 7.55. The van der Waals surface area contributed by atoms with Crippen LogP contribution in [0.5, 0.6) is 0 Å². The van der Waals surface area contributed by atoms with Gasteiger partial charge in [-0.2, -0.15) is 0 Å². The topological polar surface area (TPSA) is 20.3 Å². The van der Waals surface area contributed by atoms with Gasteiger partial charge in [0.05, 0.1) is 0 Å². The standard InChI is InChI=1S/C10H15NO/c1-3-9(12)11-8-4-6-10(11,2)7-5-8/h3,8H,1,4-7H2,2H3. The highest BCUT2D eigenvalue weighted by molar-refractivity contribution is 5.88. The second-order valence-corrected chi connectivity index (χ2v) is 4.14. The van der Waals surface area contributed by atoms with Crippen LogP contribution in [-0.2, 0) is 4.79 Å². The molecule has 2 saturated heterocycles. The molecule has 2 nitrogen and oxygen atoms in total. The monoisotopic (exact) mass is 165 g/mol. The SMILES string of the molecule is C=CC(=O)N1C2CCC1(C)CC2. The molecule has 0 aromatic heterocycles. The lowest BCUT2D eigenvalue weighted by Crippen LogP contribution is -2.41. The van der Waals surface area contributed by atoms with Crippen LogP contribution in [-0.4, -0.2) is 22.4 Å². The van der Waals surface area contributed by atoms with Gasteiger partial charge in [0.1, 0.15) is 0 Å². The Morgan fingerprint density at radius 1 is 1.58 bits per heavy atom. The van der Waals surface area contributed by atoms with Crippen molar-refractivity contribution < 1.29 is 4.79 Å². The van der Waals surface area contributed by atoms with E-state index in [0.717, 1.165) is 0 Å². The Labute approximate surface area is 73.2 Å². The number of rotatable bonds is 1. The van der Waals surface area contributed by atoms with Crippen molar-refractivity contribution in [1.82, 2.24) is 4.90 Å². The summed E-state index contributed by atoms with van der Waals surface area (Å²) in [6.07, 6.45) is 6.18. The van der Waals surface area contributed by atoms with Crippen LogP contribution < -0.4 is 0 Å². The highest BCUT2D eigenvalue weighted by atomic mass is 16.2. The Kier molecular flexibility index (Phi) is 1.53. The van der Waals surface area contributed by atoms with E-state index in [1.165, 1.54) is 31.8 Å². The summed E-state index contributed by atoms with van der Waals surface area (Å²) in [5.74, 6) is 0.123. The Balaban J connectivity index is 2.26. The molecular formula is C10H15NO. The highest BCUT2D eigenvalue weighted by Gasteiger charge is 2.49. The number of fused-ring (bicyclic) bond motifs is 2. The molecule has 0 N–H and O–H groups in total. The first-order valence-corrected chi connectivity index (χ1v) is 4.63. The Hall–Kier alpha value is -0.790. The Morgan fingerprint density at radius 2 is 2.17 bits per heavy atom. The molecule has 0 saturated carbocycles. The molecule has 12 heavy (non-hydrogen) atoms. The minimum Gasteiger partial charge on any atom is -0.331 e. The molecule has 0 aromatic carbocycles. The quantitative estimate of drug-likeness (QED) is 0.542. The fourth-order valence-corrected chi connectivity index (χ4v) is 2.71. The molecule has 2 heterocycles. The van der Waals surface area contributed by atoms with Gasteiger partial charge < -0.3 is 4.90 Å². The summed E-state index contributed by atoms with van der Waals surface area (Å²) < 4.78 is 0. The minimum atomic E-state index is 0.123. The van der Waals surface area contributed by atoms with Crippen molar-refractivity contribution in [2.75, 3.05) is 0 Å². The fourth-order valence-electron chi connectivity index (χ4n) is 2.71. The molecule has 2 aliphatic rings. The smallest absolute Gasteiger partial charge is 0.246 e. The molecule has 1 amide bonds. The fraction of sp³-hybridized carbons (Fsp3) is 0.700. The summed E-state index contributed by atoms with van der Waals surface area (Å²) in [6.45, 7) is 5.74. The van der Waals surface area contributed by atoms with Crippen LogP contribution in [0.3, 0.4) is 0 Å². The Bertz CT molecular complexity index is 226. The summed E-state index contributed by atoms with van der Waals surface area (Å²) in [5.41, 5.74) is 0.163. The molecule has 0 atom stereocenters. The Morgan fingerprint density at radius 3 is 2.50 bits per heavy atom. The first-order chi connectivity index (χ1) is 5.67. The van der Waals surface area contributed by atoms with E-state index in [1.807, 2.05) is 4.90 Å². The van der Waals surface area contributed by atoms with Gasteiger partial charge in [0, 0.05) is 11.6 Å². The van der Waals surface area contributed by atoms with Crippen molar-refractivity contribution in [2.24, 2.45) is 0 Å². The van der Waals surface area contributed by atoms with Gasteiger partial charge in [-0.25, -0.2) is 0 Å². The van der Waals surface area contributed by atoms with Gasteiger partial charge in [0.2, 0.25) is 5.91 Å². The first-order valence-electron chi connectivity index (χ1n) is 4.63. The van der Waals surface area contributed by atoms with E-state index in [1.54, 1.807) is 0 Å². The molecular weight excluding hydrogens is 150 g/mol. The van der Waals surface area contributed by atoms with E-state index in [9.17, 15) is 4.79 Å². The molecule has 2 aliphatic heterocycles. The van der Waals surface area contributed by atoms with Crippen LogP contribution in [0.2, 0.25) is 0 Å². The average Bonchev–Trinajstić information content (AvgIpc) is 2.55. The molecule has 2 bridgehead atoms. The van der Waals surface area contributed by atoms with Crippen LogP contribution in [0.1, 0.15) is 32.6 Å².